The number of nitrogens with one attached hydrogen (secondary N) is 2. The van der Waals surface area contributed by atoms with Crippen LogP contribution < -0.4 is 10.6 Å². The van der Waals surface area contributed by atoms with Crippen LogP contribution in [0.25, 0.3) is 0 Å². The van der Waals surface area contributed by atoms with Crippen LogP contribution in [0, 0.1) is 0 Å². The highest BCUT2D eigenvalue weighted by Gasteiger charge is 2.08. The topological polar surface area (TPSA) is 41.1 Å². The predicted octanol–water partition coefficient (Wildman–Crippen LogP) is 5.02. The van der Waals surface area contributed by atoms with Crippen LogP contribution in [0.1, 0.15) is 0 Å². The molecule has 0 radical (unpaired) electrons. The van der Waals surface area contributed by atoms with Gasteiger partial charge in [0.25, 0.3) is 0 Å². The largest absolute Gasteiger partial charge is 0.374 e. The van der Waals surface area contributed by atoms with Gasteiger partial charge < -0.3 is 10.6 Å². The van der Waals surface area contributed by atoms with Gasteiger partial charge in [0.2, 0.25) is 5.91 Å². The number of amides is 1. The smallest absolute Gasteiger partial charge is 0.243 e. The van der Waals surface area contributed by atoms with Gasteiger partial charge in [-0.15, -0.1) is 0 Å². The summed E-state index contributed by atoms with van der Waals surface area (Å²) in [6, 6.07) is 13.2. The first-order chi connectivity index (χ1) is 9.56. The van der Waals surface area contributed by atoms with Gasteiger partial charge in [-0.05, 0) is 56.1 Å². The molecule has 0 saturated carbocycles. The lowest BCUT2D eigenvalue weighted by atomic mass is 10.3. The van der Waals surface area contributed by atoms with Crippen LogP contribution in [-0.4, -0.2) is 12.5 Å². The molecule has 0 aliphatic carbocycles. The van der Waals surface area contributed by atoms with E-state index in [2.05, 4.69) is 58.4 Å². The Morgan fingerprint density at radius 3 is 2.20 bits per heavy atom. The Morgan fingerprint density at radius 1 is 1.00 bits per heavy atom. The van der Waals surface area contributed by atoms with Crippen molar-refractivity contribution < 1.29 is 4.79 Å². The minimum Gasteiger partial charge on any atom is -0.374 e. The molecule has 0 atom stereocenters. The van der Waals surface area contributed by atoms with Crippen molar-refractivity contribution in [3.8, 4) is 0 Å². The number of para-hydroxylation sites is 1. The van der Waals surface area contributed by atoms with E-state index in [1.807, 2.05) is 42.5 Å². The van der Waals surface area contributed by atoms with Crippen LogP contribution in [0.4, 0.5) is 11.4 Å². The van der Waals surface area contributed by atoms with Crippen molar-refractivity contribution in [3.63, 3.8) is 0 Å². The molecule has 0 saturated heterocycles. The maximum atomic E-state index is 11.9. The van der Waals surface area contributed by atoms with Crippen LogP contribution in [0.3, 0.4) is 0 Å². The van der Waals surface area contributed by atoms with Crippen LogP contribution in [0.2, 0.25) is 0 Å². The van der Waals surface area contributed by atoms with Gasteiger partial charge >= 0.3 is 0 Å². The van der Waals surface area contributed by atoms with E-state index in [0.717, 1.165) is 24.8 Å². The third kappa shape index (κ3) is 4.33. The summed E-state index contributed by atoms with van der Waals surface area (Å²) in [5, 5.41) is 5.92. The lowest BCUT2D eigenvalue weighted by Crippen LogP contribution is -2.22. The molecule has 2 N–H and O–H groups in total. The number of benzene rings is 2. The Labute approximate surface area is 142 Å². The normalized spacial score (nSPS) is 10.2. The fourth-order valence-corrected chi connectivity index (χ4v) is 4.15. The number of halogens is 3. The van der Waals surface area contributed by atoms with Gasteiger partial charge in [0.15, 0.2) is 0 Å². The van der Waals surface area contributed by atoms with Crippen molar-refractivity contribution in [2.75, 3.05) is 17.2 Å². The van der Waals surface area contributed by atoms with Gasteiger partial charge in [-0.25, -0.2) is 0 Å². The highest BCUT2D eigenvalue weighted by molar-refractivity contribution is 9.11. The van der Waals surface area contributed by atoms with Gasteiger partial charge in [0.05, 0.1) is 12.2 Å². The van der Waals surface area contributed by atoms with Crippen molar-refractivity contribution in [2.24, 2.45) is 0 Å². The molecule has 6 heteroatoms. The molecule has 0 heterocycles. The van der Waals surface area contributed by atoms with Crippen LogP contribution in [-0.2, 0) is 4.79 Å². The molecule has 0 bridgehead atoms. The number of hydrogen-bond acceptors (Lipinski definition) is 2. The third-order valence-electron chi connectivity index (χ3n) is 2.49. The fraction of sp³-hybridized carbons (Fsp3) is 0.0714. The summed E-state index contributed by atoms with van der Waals surface area (Å²) >= 11 is 10.3. The number of carbonyl (C=O) groups is 1. The molecule has 0 aliphatic rings. The van der Waals surface area contributed by atoms with E-state index in [-0.39, 0.29) is 12.5 Å². The SMILES string of the molecule is O=C(CNc1c(Br)cc(Br)cc1Br)Nc1ccccc1. The van der Waals surface area contributed by atoms with Gasteiger partial charge in [0, 0.05) is 19.1 Å². The highest BCUT2D eigenvalue weighted by Crippen LogP contribution is 2.34. The first-order valence-electron chi connectivity index (χ1n) is 5.79. The summed E-state index contributed by atoms with van der Waals surface area (Å²) in [7, 11) is 0. The monoisotopic (exact) mass is 460 g/mol. The Hall–Kier alpha value is -0.850. The highest BCUT2D eigenvalue weighted by atomic mass is 79.9. The van der Waals surface area contributed by atoms with Gasteiger partial charge in [0.1, 0.15) is 0 Å². The summed E-state index contributed by atoms with van der Waals surface area (Å²) in [6.07, 6.45) is 0. The van der Waals surface area contributed by atoms with Crippen molar-refractivity contribution in [3.05, 3.63) is 55.9 Å². The fourth-order valence-electron chi connectivity index (χ4n) is 1.61. The first-order valence-corrected chi connectivity index (χ1v) is 8.17. The van der Waals surface area contributed by atoms with Crippen molar-refractivity contribution in [1.29, 1.82) is 0 Å². The zero-order valence-corrected chi connectivity index (χ0v) is 15.0. The average Bonchev–Trinajstić information content (AvgIpc) is 2.38. The lowest BCUT2D eigenvalue weighted by Gasteiger charge is -2.11. The molecule has 3 nitrogen and oxygen atoms in total. The number of rotatable bonds is 4. The lowest BCUT2D eigenvalue weighted by molar-refractivity contribution is -0.114. The van der Waals surface area contributed by atoms with Crippen molar-refractivity contribution >= 4 is 65.1 Å². The van der Waals surface area contributed by atoms with Crippen molar-refractivity contribution in [1.82, 2.24) is 0 Å². The maximum Gasteiger partial charge on any atom is 0.243 e. The van der Waals surface area contributed by atoms with E-state index in [4.69, 9.17) is 0 Å². The predicted molar refractivity (Wildman–Crippen MR) is 93.1 cm³/mol. The zero-order valence-electron chi connectivity index (χ0n) is 10.3. The molecule has 2 rings (SSSR count). The molecule has 0 spiro atoms. The Bertz CT molecular complexity index is 594. The molecule has 0 unspecified atom stereocenters. The molecule has 0 aliphatic heterocycles. The van der Waals surface area contributed by atoms with Crippen LogP contribution in [0.5, 0.6) is 0 Å². The molecule has 104 valence electrons. The van der Waals surface area contributed by atoms with Gasteiger partial charge in [-0.1, -0.05) is 34.1 Å². The minimum atomic E-state index is -0.0991. The van der Waals surface area contributed by atoms with E-state index in [1.54, 1.807) is 0 Å². The molecule has 1 amide bonds. The number of hydrogen-bond donors (Lipinski definition) is 2. The minimum absolute atomic E-state index is 0.0991. The standard InChI is InChI=1S/C14H11Br3N2O/c15-9-6-11(16)14(12(17)7-9)18-8-13(20)19-10-4-2-1-3-5-10/h1-7,18H,8H2,(H,19,20). The van der Waals surface area contributed by atoms with E-state index in [1.165, 1.54) is 0 Å². The molecule has 2 aromatic carbocycles. The zero-order chi connectivity index (χ0) is 14.5. The molecular weight excluding hydrogens is 452 g/mol. The second kappa shape index (κ2) is 7.24. The van der Waals surface area contributed by atoms with Gasteiger partial charge in [-0.2, -0.15) is 0 Å². The molecule has 2 aromatic rings. The summed E-state index contributed by atoms with van der Waals surface area (Å²) in [5.74, 6) is -0.0991. The summed E-state index contributed by atoms with van der Waals surface area (Å²) < 4.78 is 2.72. The van der Waals surface area contributed by atoms with E-state index < -0.39 is 0 Å². The molecule has 0 fully saturated rings. The quantitative estimate of drug-likeness (QED) is 0.669. The Morgan fingerprint density at radius 2 is 1.60 bits per heavy atom. The Kier molecular flexibility index (Phi) is 5.63. The van der Waals surface area contributed by atoms with Crippen LogP contribution in [0.15, 0.2) is 55.9 Å². The Balaban J connectivity index is 1.97. The van der Waals surface area contributed by atoms with Crippen molar-refractivity contribution in [2.45, 2.75) is 0 Å². The maximum absolute atomic E-state index is 11.9. The first kappa shape index (κ1) is 15.5. The average molecular weight is 463 g/mol. The summed E-state index contributed by atoms with van der Waals surface area (Å²) in [6.45, 7) is 0.188. The number of carbonyl (C=O) groups excluding carboxylic acids is 1. The molecule has 20 heavy (non-hydrogen) atoms. The third-order valence-corrected chi connectivity index (χ3v) is 4.20. The van der Waals surface area contributed by atoms with E-state index >= 15 is 0 Å². The van der Waals surface area contributed by atoms with E-state index in [0.29, 0.717) is 0 Å². The molecule has 0 aromatic heterocycles. The number of anilines is 2. The second-order valence-electron chi connectivity index (χ2n) is 4.01. The van der Waals surface area contributed by atoms with Gasteiger partial charge in [-0.3, -0.25) is 4.79 Å². The molecular formula is C14H11Br3N2O. The second-order valence-corrected chi connectivity index (χ2v) is 6.64. The summed E-state index contributed by atoms with van der Waals surface area (Å²) in [5.41, 5.74) is 1.63. The summed E-state index contributed by atoms with van der Waals surface area (Å²) in [4.78, 5) is 11.9. The van der Waals surface area contributed by atoms with Crippen LogP contribution >= 0.6 is 47.8 Å². The van der Waals surface area contributed by atoms with E-state index in [9.17, 15) is 4.79 Å².